The first-order valence-corrected chi connectivity index (χ1v) is 6.19. The van der Waals surface area contributed by atoms with Crippen LogP contribution in [0.2, 0.25) is 0 Å². The average molecular weight is 243 g/mol. The zero-order chi connectivity index (χ0) is 12.3. The fourth-order valence-corrected chi connectivity index (χ4v) is 2.38. The molecular weight excluding hydrogens is 230 g/mol. The Labute approximate surface area is 105 Å². The zero-order valence-electron chi connectivity index (χ0n) is 9.84. The molecule has 0 bridgehead atoms. The molecule has 0 saturated heterocycles. The molecule has 2 rings (SSSR count). The van der Waals surface area contributed by atoms with Crippen molar-refractivity contribution in [3.05, 3.63) is 45.9 Å². The van der Waals surface area contributed by atoms with Crippen molar-refractivity contribution < 1.29 is 0 Å². The van der Waals surface area contributed by atoms with Gasteiger partial charge in [-0.05, 0) is 31.2 Å². The Kier molecular flexibility index (Phi) is 3.40. The van der Waals surface area contributed by atoms with Crippen LogP contribution in [0.1, 0.15) is 16.3 Å². The van der Waals surface area contributed by atoms with Crippen molar-refractivity contribution >= 4 is 17.0 Å². The lowest BCUT2D eigenvalue weighted by atomic mass is 10.2. The fourth-order valence-electron chi connectivity index (χ4n) is 1.56. The van der Waals surface area contributed by atoms with Crippen molar-refractivity contribution in [2.24, 2.45) is 0 Å². The summed E-state index contributed by atoms with van der Waals surface area (Å²) in [6, 6.07) is 9.70. The summed E-state index contributed by atoms with van der Waals surface area (Å²) < 4.78 is 0. The molecule has 1 heterocycles. The van der Waals surface area contributed by atoms with Crippen LogP contribution in [-0.2, 0) is 6.54 Å². The third-order valence-electron chi connectivity index (χ3n) is 2.48. The second-order valence-corrected chi connectivity index (χ2v) is 4.84. The first-order valence-electron chi connectivity index (χ1n) is 5.31. The minimum absolute atomic E-state index is 0.687. The van der Waals surface area contributed by atoms with Gasteiger partial charge >= 0.3 is 0 Å². The number of hydrogen-bond acceptors (Lipinski definition) is 4. The highest BCUT2D eigenvalue weighted by molar-refractivity contribution is 7.09. The maximum atomic E-state index is 8.73. The second kappa shape index (κ2) is 4.98. The molecule has 0 unspecified atom stereocenters. The lowest BCUT2D eigenvalue weighted by Crippen LogP contribution is -2.16. The van der Waals surface area contributed by atoms with Crippen molar-refractivity contribution in [3.8, 4) is 6.07 Å². The van der Waals surface area contributed by atoms with Gasteiger partial charge in [0.05, 0.1) is 18.2 Å². The van der Waals surface area contributed by atoms with Crippen LogP contribution >= 0.6 is 11.3 Å². The standard InChI is InChI=1S/C13H13N3S/c1-10-9-17-13(15-10)8-16(2)12-5-3-11(7-14)4-6-12/h3-6,9H,8H2,1-2H3. The van der Waals surface area contributed by atoms with Crippen LogP contribution in [0, 0.1) is 18.3 Å². The van der Waals surface area contributed by atoms with Crippen molar-refractivity contribution in [1.82, 2.24) is 4.98 Å². The molecule has 0 aliphatic rings. The monoisotopic (exact) mass is 243 g/mol. The van der Waals surface area contributed by atoms with Gasteiger partial charge in [0, 0.05) is 23.8 Å². The number of nitrogens with zero attached hydrogens (tertiary/aromatic N) is 3. The normalized spacial score (nSPS) is 9.94. The molecule has 0 amide bonds. The number of hydrogen-bond donors (Lipinski definition) is 0. The summed E-state index contributed by atoms with van der Waals surface area (Å²) in [4.78, 5) is 6.56. The van der Waals surface area contributed by atoms with Crippen molar-refractivity contribution in [2.75, 3.05) is 11.9 Å². The summed E-state index contributed by atoms with van der Waals surface area (Å²) in [6.45, 7) is 2.80. The molecular formula is C13H13N3S. The van der Waals surface area contributed by atoms with E-state index in [-0.39, 0.29) is 0 Å². The van der Waals surface area contributed by atoms with Gasteiger partial charge in [0.25, 0.3) is 0 Å². The third-order valence-corrected chi connectivity index (χ3v) is 3.43. The van der Waals surface area contributed by atoms with E-state index in [0.29, 0.717) is 5.56 Å². The van der Waals surface area contributed by atoms with Gasteiger partial charge in [-0.15, -0.1) is 11.3 Å². The van der Waals surface area contributed by atoms with Crippen LogP contribution < -0.4 is 4.90 Å². The first-order chi connectivity index (χ1) is 8.19. The van der Waals surface area contributed by atoms with Crippen LogP contribution in [0.4, 0.5) is 5.69 Å². The maximum Gasteiger partial charge on any atom is 0.112 e. The minimum Gasteiger partial charge on any atom is -0.368 e. The van der Waals surface area contributed by atoms with Gasteiger partial charge in [0.2, 0.25) is 0 Å². The molecule has 0 fully saturated rings. The minimum atomic E-state index is 0.687. The number of anilines is 1. The van der Waals surface area contributed by atoms with Gasteiger partial charge in [-0.1, -0.05) is 0 Å². The summed E-state index contributed by atoms with van der Waals surface area (Å²) >= 11 is 1.68. The maximum absolute atomic E-state index is 8.73. The van der Waals surface area contributed by atoms with Gasteiger partial charge in [0.15, 0.2) is 0 Å². The fraction of sp³-hybridized carbons (Fsp3) is 0.231. The number of aryl methyl sites for hydroxylation is 1. The molecule has 17 heavy (non-hydrogen) atoms. The molecule has 0 aliphatic carbocycles. The van der Waals surface area contributed by atoms with Gasteiger partial charge in [-0.2, -0.15) is 5.26 Å². The highest BCUT2D eigenvalue weighted by Gasteiger charge is 2.05. The highest BCUT2D eigenvalue weighted by Crippen LogP contribution is 2.18. The number of benzene rings is 1. The third kappa shape index (κ3) is 2.83. The van der Waals surface area contributed by atoms with Crippen LogP contribution in [-0.4, -0.2) is 12.0 Å². The van der Waals surface area contributed by atoms with Crippen molar-refractivity contribution in [3.63, 3.8) is 0 Å². The Morgan fingerprint density at radius 3 is 2.59 bits per heavy atom. The molecule has 0 N–H and O–H groups in total. The Morgan fingerprint density at radius 1 is 1.35 bits per heavy atom. The van der Waals surface area contributed by atoms with Gasteiger partial charge in [-0.3, -0.25) is 0 Å². The summed E-state index contributed by atoms with van der Waals surface area (Å²) in [6.07, 6.45) is 0. The number of aromatic nitrogens is 1. The summed E-state index contributed by atoms with van der Waals surface area (Å²) in [5.41, 5.74) is 2.85. The van der Waals surface area contributed by atoms with Gasteiger partial charge in [0.1, 0.15) is 5.01 Å². The van der Waals surface area contributed by atoms with E-state index in [1.807, 2.05) is 38.2 Å². The predicted octanol–water partition coefficient (Wildman–Crippen LogP) is 2.96. The Hall–Kier alpha value is -1.86. The van der Waals surface area contributed by atoms with Crippen molar-refractivity contribution in [1.29, 1.82) is 5.26 Å². The molecule has 3 nitrogen and oxygen atoms in total. The largest absolute Gasteiger partial charge is 0.368 e. The Bertz CT molecular complexity index is 537. The molecule has 0 radical (unpaired) electrons. The quantitative estimate of drug-likeness (QED) is 0.832. The van der Waals surface area contributed by atoms with E-state index in [1.165, 1.54) is 0 Å². The van der Waals surface area contributed by atoms with Crippen LogP contribution in [0.5, 0.6) is 0 Å². The van der Waals surface area contributed by atoms with E-state index < -0.39 is 0 Å². The molecule has 1 aromatic heterocycles. The smallest absolute Gasteiger partial charge is 0.112 e. The van der Waals surface area contributed by atoms with Gasteiger partial charge < -0.3 is 4.90 Å². The number of nitriles is 1. The molecule has 4 heteroatoms. The molecule has 0 aliphatic heterocycles. The topological polar surface area (TPSA) is 39.9 Å². The van der Waals surface area contributed by atoms with Crippen LogP contribution in [0.15, 0.2) is 29.6 Å². The Balaban J connectivity index is 2.09. The van der Waals surface area contributed by atoms with E-state index in [9.17, 15) is 0 Å². The van der Waals surface area contributed by atoms with E-state index >= 15 is 0 Å². The number of rotatable bonds is 3. The lowest BCUT2D eigenvalue weighted by Gasteiger charge is -2.17. The molecule has 86 valence electrons. The van der Waals surface area contributed by atoms with E-state index in [1.54, 1.807) is 11.3 Å². The number of thiazole rings is 1. The SMILES string of the molecule is Cc1csc(CN(C)c2ccc(C#N)cc2)n1. The van der Waals surface area contributed by atoms with Gasteiger partial charge in [-0.25, -0.2) is 4.98 Å². The molecule has 0 spiro atoms. The molecule has 0 atom stereocenters. The van der Waals surface area contributed by atoms with Crippen molar-refractivity contribution in [2.45, 2.75) is 13.5 Å². The highest BCUT2D eigenvalue weighted by atomic mass is 32.1. The van der Waals surface area contributed by atoms with E-state index in [0.717, 1.165) is 22.9 Å². The van der Waals surface area contributed by atoms with E-state index in [4.69, 9.17) is 5.26 Å². The molecule has 1 aromatic carbocycles. The summed E-state index contributed by atoms with van der Waals surface area (Å²) in [7, 11) is 2.03. The average Bonchev–Trinajstić information content (AvgIpc) is 2.75. The first kappa shape index (κ1) is 11.6. The Morgan fingerprint density at radius 2 is 2.06 bits per heavy atom. The summed E-state index contributed by atoms with van der Waals surface area (Å²) in [5.74, 6) is 0. The summed E-state index contributed by atoms with van der Waals surface area (Å²) in [5, 5.41) is 11.9. The molecule has 0 saturated carbocycles. The van der Waals surface area contributed by atoms with Crippen LogP contribution in [0.25, 0.3) is 0 Å². The molecule has 2 aromatic rings. The zero-order valence-corrected chi connectivity index (χ0v) is 10.7. The van der Waals surface area contributed by atoms with Crippen LogP contribution in [0.3, 0.4) is 0 Å². The predicted molar refractivity (Wildman–Crippen MR) is 70.1 cm³/mol. The lowest BCUT2D eigenvalue weighted by molar-refractivity contribution is 0.905. The van der Waals surface area contributed by atoms with E-state index in [2.05, 4.69) is 21.3 Å². The second-order valence-electron chi connectivity index (χ2n) is 3.90.